The van der Waals surface area contributed by atoms with Crippen LogP contribution < -0.4 is 5.32 Å². The van der Waals surface area contributed by atoms with Crippen molar-refractivity contribution in [3.8, 4) is 0 Å². The van der Waals surface area contributed by atoms with Gasteiger partial charge in [-0.2, -0.15) is 0 Å². The molecule has 1 saturated heterocycles. The molecule has 1 N–H and O–H groups in total. The van der Waals surface area contributed by atoms with Gasteiger partial charge < -0.3 is 5.32 Å². The molecule has 2 unspecified atom stereocenters. The molecule has 3 rings (SSSR count). The Labute approximate surface area is 106 Å². The van der Waals surface area contributed by atoms with E-state index in [1.807, 2.05) is 6.92 Å². The second-order valence-electron chi connectivity index (χ2n) is 5.51. The zero-order valence-electron chi connectivity index (χ0n) is 10.1. The quantitative estimate of drug-likeness (QED) is 0.764. The Hall–Kier alpha value is -0.770. The molecule has 1 aliphatic heterocycles. The van der Waals surface area contributed by atoms with Gasteiger partial charge in [-0.25, -0.2) is 0 Å². The Morgan fingerprint density at radius 3 is 2.82 bits per heavy atom. The number of fused-ring (bicyclic) bond motifs is 2. The fraction of sp³-hybridized carbons (Fsp3) is 0.692. The standard InChI is InChI=1S/C13H18N2OS/c1-7(2)11-12(16)15-13(17-11)14-10-6-8-3-4-9(10)5-8/h8-11H,1,3-6H2,2H3,(H,14,15,16)/t8-,9?,10+,11?/m1/s1. The molecule has 1 amide bonds. The zero-order valence-corrected chi connectivity index (χ0v) is 10.9. The molecule has 0 aromatic rings. The Balaban J connectivity index is 1.70. The van der Waals surface area contributed by atoms with E-state index in [1.165, 1.54) is 37.4 Å². The summed E-state index contributed by atoms with van der Waals surface area (Å²) in [6.07, 6.45) is 5.29. The monoisotopic (exact) mass is 250 g/mol. The number of hydrogen-bond acceptors (Lipinski definition) is 3. The molecule has 2 saturated carbocycles. The Kier molecular flexibility index (Phi) is 2.77. The van der Waals surface area contributed by atoms with E-state index >= 15 is 0 Å². The molecule has 3 aliphatic rings. The smallest absolute Gasteiger partial charge is 0.243 e. The van der Waals surface area contributed by atoms with Gasteiger partial charge in [-0.15, -0.1) is 0 Å². The van der Waals surface area contributed by atoms with Gasteiger partial charge in [-0.1, -0.05) is 30.3 Å². The molecular weight excluding hydrogens is 232 g/mol. The normalized spacial score (nSPS) is 42.2. The Morgan fingerprint density at radius 2 is 2.29 bits per heavy atom. The lowest BCUT2D eigenvalue weighted by Crippen LogP contribution is -2.26. The van der Waals surface area contributed by atoms with Gasteiger partial charge in [0.25, 0.3) is 0 Å². The first-order valence-corrected chi connectivity index (χ1v) is 7.22. The van der Waals surface area contributed by atoms with E-state index in [1.54, 1.807) is 0 Å². The van der Waals surface area contributed by atoms with E-state index in [4.69, 9.17) is 4.99 Å². The third-order valence-electron chi connectivity index (χ3n) is 4.13. The highest BCUT2D eigenvalue weighted by Crippen LogP contribution is 2.46. The summed E-state index contributed by atoms with van der Waals surface area (Å²) in [6, 6.07) is 0.459. The number of amidine groups is 1. The molecule has 0 aromatic carbocycles. The van der Waals surface area contributed by atoms with Crippen molar-refractivity contribution in [3.05, 3.63) is 12.2 Å². The molecule has 4 atom stereocenters. The van der Waals surface area contributed by atoms with Crippen molar-refractivity contribution in [1.29, 1.82) is 0 Å². The predicted octanol–water partition coefficient (Wildman–Crippen LogP) is 2.34. The van der Waals surface area contributed by atoms with Crippen molar-refractivity contribution in [2.45, 2.75) is 43.9 Å². The van der Waals surface area contributed by atoms with Gasteiger partial charge in [0.15, 0.2) is 5.17 Å². The maximum absolute atomic E-state index is 11.7. The van der Waals surface area contributed by atoms with Gasteiger partial charge in [0.2, 0.25) is 5.91 Å². The van der Waals surface area contributed by atoms with Crippen LogP contribution in [0, 0.1) is 11.8 Å². The molecule has 2 aliphatic carbocycles. The summed E-state index contributed by atoms with van der Waals surface area (Å²) in [4.78, 5) is 16.4. The lowest BCUT2D eigenvalue weighted by Gasteiger charge is -2.17. The van der Waals surface area contributed by atoms with Crippen LogP contribution in [-0.2, 0) is 4.79 Å². The van der Waals surface area contributed by atoms with Crippen LogP contribution in [0.2, 0.25) is 0 Å². The van der Waals surface area contributed by atoms with Gasteiger partial charge in [-0.05, 0) is 38.0 Å². The summed E-state index contributed by atoms with van der Waals surface area (Å²) in [6.45, 7) is 5.76. The van der Waals surface area contributed by atoms with Crippen molar-refractivity contribution in [2.24, 2.45) is 16.8 Å². The van der Waals surface area contributed by atoms with Gasteiger partial charge in [0.05, 0.1) is 6.04 Å². The summed E-state index contributed by atoms with van der Waals surface area (Å²) in [5.41, 5.74) is 0.908. The molecule has 2 bridgehead atoms. The molecule has 0 spiro atoms. The largest absolute Gasteiger partial charge is 0.304 e. The minimum atomic E-state index is -0.132. The highest BCUT2D eigenvalue weighted by molar-refractivity contribution is 8.15. The number of aliphatic imine (C=N–C) groups is 1. The van der Waals surface area contributed by atoms with Crippen LogP contribution in [0.25, 0.3) is 0 Å². The third kappa shape index (κ3) is 2.03. The molecule has 3 nitrogen and oxygen atoms in total. The van der Waals surface area contributed by atoms with Crippen LogP contribution in [0.3, 0.4) is 0 Å². The molecule has 17 heavy (non-hydrogen) atoms. The van der Waals surface area contributed by atoms with E-state index < -0.39 is 0 Å². The number of carbonyl (C=O) groups excluding carboxylic acids is 1. The highest BCUT2D eigenvalue weighted by atomic mass is 32.2. The van der Waals surface area contributed by atoms with Crippen molar-refractivity contribution in [3.63, 3.8) is 0 Å². The van der Waals surface area contributed by atoms with E-state index in [0.29, 0.717) is 6.04 Å². The van der Waals surface area contributed by atoms with Crippen LogP contribution in [0.4, 0.5) is 0 Å². The summed E-state index contributed by atoms with van der Waals surface area (Å²) in [5, 5.41) is 3.57. The molecule has 3 fully saturated rings. The van der Waals surface area contributed by atoms with Crippen molar-refractivity contribution < 1.29 is 4.79 Å². The number of rotatable bonds is 2. The molecule has 0 aromatic heterocycles. The van der Waals surface area contributed by atoms with Crippen LogP contribution in [-0.4, -0.2) is 22.4 Å². The number of carbonyl (C=O) groups is 1. The van der Waals surface area contributed by atoms with Crippen LogP contribution in [0.1, 0.15) is 32.6 Å². The number of amides is 1. The summed E-state index contributed by atoms with van der Waals surface area (Å²) < 4.78 is 0. The molecular formula is C13H18N2OS. The minimum Gasteiger partial charge on any atom is -0.304 e. The van der Waals surface area contributed by atoms with Crippen LogP contribution in [0.15, 0.2) is 17.1 Å². The topological polar surface area (TPSA) is 41.5 Å². The number of nitrogens with zero attached hydrogens (tertiary/aromatic N) is 1. The molecule has 0 radical (unpaired) electrons. The highest BCUT2D eigenvalue weighted by Gasteiger charge is 2.40. The minimum absolute atomic E-state index is 0.0457. The Morgan fingerprint density at radius 1 is 1.47 bits per heavy atom. The van der Waals surface area contributed by atoms with Crippen molar-refractivity contribution >= 4 is 22.8 Å². The number of hydrogen-bond donors (Lipinski definition) is 1. The first-order valence-electron chi connectivity index (χ1n) is 6.34. The molecule has 4 heteroatoms. The average molecular weight is 250 g/mol. The van der Waals surface area contributed by atoms with Crippen LogP contribution in [0.5, 0.6) is 0 Å². The molecule has 1 heterocycles. The SMILES string of the molecule is C=C(C)C1SC(=N[C@H]2C[C@@H]3CCC2C3)NC1=O. The first-order chi connectivity index (χ1) is 8.13. The molecule has 92 valence electrons. The van der Waals surface area contributed by atoms with E-state index in [9.17, 15) is 4.79 Å². The van der Waals surface area contributed by atoms with Crippen molar-refractivity contribution in [1.82, 2.24) is 5.32 Å². The lowest BCUT2D eigenvalue weighted by molar-refractivity contribution is -0.118. The summed E-state index contributed by atoms with van der Waals surface area (Å²) in [5.74, 6) is 1.71. The number of nitrogens with one attached hydrogen (secondary N) is 1. The summed E-state index contributed by atoms with van der Waals surface area (Å²) >= 11 is 1.53. The number of thioether (sulfide) groups is 1. The van der Waals surface area contributed by atoms with Gasteiger partial charge in [-0.3, -0.25) is 9.79 Å². The van der Waals surface area contributed by atoms with Crippen molar-refractivity contribution in [2.75, 3.05) is 0 Å². The third-order valence-corrected chi connectivity index (χ3v) is 5.41. The van der Waals surface area contributed by atoms with E-state index in [0.717, 1.165) is 22.6 Å². The lowest BCUT2D eigenvalue weighted by atomic mass is 9.96. The maximum atomic E-state index is 11.7. The average Bonchev–Trinajstić information content (AvgIpc) is 2.93. The zero-order chi connectivity index (χ0) is 12.0. The second kappa shape index (κ2) is 4.16. The van der Waals surface area contributed by atoms with Gasteiger partial charge in [0, 0.05) is 0 Å². The maximum Gasteiger partial charge on any atom is 0.243 e. The summed E-state index contributed by atoms with van der Waals surface area (Å²) in [7, 11) is 0. The van der Waals surface area contributed by atoms with E-state index in [-0.39, 0.29) is 11.2 Å². The van der Waals surface area contributed by atoms with Gasteiger partial charge >= 0.3 is 0 Å². The van der Waals surface area contributed by atoms with Gasteiger partial charge in [0.1, 0.15) is 5.25 Å². The predicted molar refractivity (Wildman–Crippen MR) is 71.0 cm³/mol. The Bertz CT molecular complexity index is 404. The second-order valence-corrected chi connectivity index (χ2v) is 6.60. The first kappa shape index (κ1) is 11.3. The fourth-order valence-electron chi connectivity index (χ4n) is 3.27. The fourth-order valence-corrected chi connectivity index (χ4v) is 4.22. The van der Waals surface area contributed by atoms with Crippen LogP contribution >= 0.6 is 11.8 Å². The van der Waals surface area contributed by atoms with E-state index in [2.05, 4.69) is 11.9 Å².